The summed E-state index contributed by atoms with van der Waals surface area (Å²) < 4.78 is 14.9. The summed E-state index contributed by atoms with van der Waals surface area (Å²) in [5.41, 5.74) is 2.11. The van der Waals surface area contributed by atoms with Gasteiger partial charge in [-0.2, -0.15) is 0 Å². The Kier molecular flexibility index (Phi) is 7.20. The Bertz CT molecular complexity index is 1110. The SMILES string of the molecule is CN(C)c1ccc(/C=C(\NC(=O)c2ccccc2F)C(=O)Nc2ccc(Br)cc2)cc1. The van der Waals surface area contributed by atoms with E-state index in [4.69, 9.17) is 0 Å². The maximum absolute atomic E-state index is 14.0. The number of hydrogen-bond donors (Lipinski definition) is 2. The zero-order chi connectivity index (χ0) is 22.4. The van der Waals surface area contributed by atoms with Gasteiger partial charge in [0.05, 0.1) is 5.56 Å². The molecule has 0 saturated heterocycles. The molecule has 0 aliphatic rings. The molecule has 0 radical (unpaired) electrons. The minimum Gasteiger partial charge on any atom is -0.378 e. The molecule has 0 aliphatic heterocycles. The average molecular weight is 482 g/mol. The maximum atomic E-state index is 14.0. The summed E-state index contributed by atoms with van der Waals surface area (Å²) in [5, 5.41) is 5.29. The minimum atomic E-state index is -0.708. The lowest BCUT2D eigenvalue weighted by Crippen LogP contribution is -2.31. The van der Waals surface area contributed by atoms with Crippen molar-refractivity contribution in [2.75, 3.05) is 24.3 Å². The van der Waals surface area contributed by atoms with Crippen LogP contribution >= 0.6 is 15.9 Å². The Morgan fingerprint density at radius 1 is 0.935 bits per heavy atom. The van der Waals surface area contributed by atoms with Crippen LogP contribution < -0.4 is 15.5 Å². The molecule has 0 aliphatic carbocycles. The molecule has 3 aromatic rings. The molecular weight excluding hydrogens is 461 g/mol. The fourth-order valence-electron chi connectivity index (χ4n) is 2.76. The number of halogens is 2. The summed E-state index contributed by atoms with van der Waals surface area (Å²) in [6.45, 7) is 0. The number of anilines is 2. The van der Waals surface area contributed by atoms with E-state index in [1.807, 2.05) is 43.3 Å². The fourth-order valence-corrected chi connectivity index (χ4v) is 3.02. The van der Waals surface area contributed by atoms with E-state index < -0.39 is 17.6 Å². The van der Waals surface area contributed by atoms with Crippen LogP contribution in [0, 0.1) is 5.82 Å². The first-order valence-corrected chi connectivity index (χ1v) is 10.2. The second-order valence-electron chi connectivity index (χ2n) is 6.94. The zero-order valence-corrected chi connectivity index (χ0v) is 18.6. The van der Waals surface area contributed by atoms with Crippen molar-refractivity contribution in [2.24, 2.45) is 0 Å². The Hall–Kier alpha value is -3.45. The lowest BCUT2D eigenvalue weighted by Gasteiger charge is -2.13. The van der Waals surface area contributed by atoms with Crippen LogP contribution in [-0.4, -0.2) is 25.9 Å². The molecular formula is C24H21BrFN3O2. The van der Waals surface area contributed by atoms with Crippen LogP contribution in [0.25, 0.3) is 6.08 Å². The summed E-state index contributed by atoms with van der Waals surface area (Å²) in [6.07, 6.45) is 1.55. The van der Waals surface area contributed by atoms with Gasteiger partial charge in [0, 0.05) is 29.9 Å². The van der Waals surface area contributed by atoms with Crippen LogP contribution in [0.15, 0.2) is 83.0 Å². The Morgan fingerprint density at radius 3 is 2.19 bits per heavy atom. The van der Waals surface area contributed by atoms with Crippen LogP contribution in [0.3, 0.4) is 0 Å². The first-order valence-electron chi connectivity index (χ1n) is 9.45. The van der Waals surface area contributed by atoms with Crippen molar-refractivity contribution in [1.82, 2.24) is 5.32 Å². The lowest BCUT2D eigenvalue weighted by atomic mass is 10.1. The summed E-state index contributed by atoms with van der Waals surface area (Å²) >= 11 is 3.35. The highest BCUT2D eigenvalue weighted by molar-refractivity contribution is 9.10. The van der Waals surface area contributed by atoms with E-state index in [0.29, 0.717) is 11.3 Å². The standard InChI is InChI=1S/C24H21BrFN3O2/c1-29(2)19-13-7-16(8-14-19)15-22(24(31)27-18-11-9-17(25)10-12-18)28-23(30)20-5-3-4-6-21(20)26/h3-15H,1-2H3,(H,27,31)(H,28,30)/b22-15-. The van der Waals surface area contributed by atoms with Crippen LogP contribution in [0.4, 0.5) is 15.8 Å². The molecule has 0 fully saturated rings. The molecule has 5 nitrogen and oxygen atoms in total. The van der Waals surface area contributed by atoms with E-state index >= 15 is 0 Å². The number of rotatable bonds is 6. The number of carbonyl (C=O) groups is 2. The highest BCUT2D eigenvalue weighted by Crippen LogP contribution is 2.17. The Labute approximate surface area is 188 Å². The molecule has 2 N–H and O–H groups in total. The summed E-state index contributed by atoms with van der Waals surface area (Å²) in [4.78, 5) is 27.5. The van der Waals surface area contributed by atoms with Gasteiger partial charge in [-0.25, -0.2) is 4.39 Å². The molecule has 3 aromatic carbocycles. The first-order chi connectivity index (χ1) is 14.8. The smallest absolute Gasteiger partial charge is 0.272 e. The normalized spacial score (nSPS) is 11.0. The molecule has 0 unspecified atom stereocenters. The summed E-state index contributed by atoms with van der Waals surface area (Å²) in [6, 6.07) is 20.1. The first kappa shape index (κ1) is 22.2. The molecule has 0 bridgehead atoms. The number of hydrogen-bond acceptors (Lipinski definition) is 3. The number of amides is 2. The molecule has 0 atom stereocenters. The number of nitrogens with zero attached hydrogens (tertiary/aromatic N) is 1. The third-order valence-corrected chi connectivity index (χ3v) is 4.96. The van der Waals surface area contributed by atoms with Crippen molar-refractivity contribution in [3.05, 3.63) is 99.9 Å². The molecule has 0 saturated carbocycles. The summed E-state index contributed by atoms with van der Waals surface area (Å²) in [7, 11) is 3.85. The molecule has 0 spiro atoms. The second kappa shape index (κ2) is 10.0. The molecule has 3 rings (SSSR count). The van der Waals surface area contributed by atoms with E-state index in [1.165, 1.54) is 18.2 Å². The number of benzene rings is 3. The van der Waals surface area contributed by atoms with Gasteiger partial charge in [-0.1, -0.05) is 40.2 Å². The Balaban J connectivity index is 1.90. The van der Waals surface area contributed by atoms with Crippen molar-refractivity contribution >= 4 is 45.2 Å². The number of nitrogens with one attached hydrogen (secondary N) is 2. The molecule has 7 heteroatoms. The van der Waals surface area contributed by atoms with Gasteiger partial charge in [-0.05, 0) is 60.2 Å². The van der Waals surface area contributed by atoms with Gasteiger partial charge in [0.15, 0.2) is 0 Å². The van der Waals surface area contributed by atoms with Crippen molar-refractivity contribution in [3.63, 3.8) is 0 Å². The molecule has 158 valence electrons. The Morgan fingerprint density at radius 2 is 1.58 bits per heavy atom. The van der Waals surface area contributed by atoms with E-state index in [1.54, 1.807) is 36.4 Å². The monoisotopic (exact) mass is 481 g/mol. The van der Waals surface area contributed by atoms with Crippen LogP contribution in [0.2, 0.25) is 0 Å². The van der Waals surface area contributed by atoms with Gasteiger partial charge in [0.25, 0.3) is 11.8 Å². The van der Waals surface area contributed by atoms with Crippen molar-refractivity contribution in [1.29, 1.82) is 0 Å². The summed E-state index contributed by atoms with van der Waals surface area (Å²) in [5.74, 6) is -1.90. The van der Waals surface area contributed by atoms with E-state index in [2.05, 4.69) is 26.6 Å². The van der Waals surface area contributed by atoms with Gasteiger partial charge in [0.1, 0.15) is 11.5 Å². The molecule has 0 heterocycles. The van der Waals surface area contributed by atoms with Crippen LogP contribution in [-0.2, 0) is 4.79 Å². The van der Waals surface area contributed by atoms with Gasteiger partial charge >= 0.3 is 0 Å². The molecule has 0 aromatic heterocycles. The minimum absolute atomic E-state index is 0.00576. The number of carbonyl (C=O) groups excluding carboxylic acids is 2. The van der Waals surface area contributed by atoms with E-state index in [0.717, 1.165) is 10.2 Å². The topological polar surface area (TPSA) is 61.4 Å². The molecule has 31 heavy (non-hydrogen) atoms. The lowest BCUT2D eigenvalue weighted by molar-refractivity contribution is -0.113. The maximum Gasteiger partial charge on any atom is 0.272 e. The van der Waals surface area contributed by atoms with Gasteiger partial charge in [0.2, 0.25) is 0 Å². The highest BCUT2D eigenvalue weighted by atomic mass is 79.9. The van der Waals surface area contributed by atoms with E-state index in [9.17, 15) is 14.0 Å². The van der Waals surface area contributed by atoms with Crippen LogP contribution in [0.5, 0.6) is 0 Å². The third kappa shape index (κ3) is 6.02. The fraction of sp³-hybridized carbons (Fsp3) is 0.0833. The van der Waals surface area contributed by atoms with E-state index in [-0.39, 0.29) is 11.3 Å². The van der Waals surface area contributed by atoms with Crippen LogP contribution in [0.1, 0.15) is 15.9 Å². The van der Waals surface area contributed by atoms with Crippen molar-refractivity contribution in [3.8, 4) is 0 Å². The van der Waals surface area contributed by atoms with Gasteiger partial charge < -0.3 is 15.5 Å². The zero-order valence-electron chi connectivity index (χ0n) is 17.0. The van der Waals surface area contributed by atoms with Crippen molar-refractivity contribution in [2.45, 2.75) is 0 Å². The van der Waals surface area contributed by atoms with Gasteiger partial charge in [-0.3, -0.25) is 9.59 Å². The van der Waals surface area contributed by atoms with Crippen molar-refractivity contribution < 1.29 is 14.0 Å². The predicted molar refractivity (Wildman–Crippen MR) is 125 cm³/mol. The predicted octanol–water partition coefficient (Wildman–Crippen LogP) is 5.06. The molecule has 2 amide bonds. The second-order valence-corrected chi connectivity index (χ2v) is 7.85. The average Bonchev–Trinajstić information content (AvgIpc) is 2.75. The highest BCUT2D eigenvalue weighted by Gasteiger charge is 2.17. The van der Waals surface area contributed by atoms with Gasteiger partial charge in [-0.15, -0.1) is 0 Å². The largest absolute Gasteiger partial charge is 0.378 e. The third-order valence-electron chi connectivity index (χ3n) is 4.43. The quantitative estimate of drug-likeness (QED) is 0.483.